The highest BCUT2D eigenvalue weighted by atomic mass is 14.9. The molecule has 0 spiro atoms. The molecular weight excluding hydrogens is 208 g/mol. The highest BCUT2D eigenvalue weighted by Crippen LogP contribution is 2.02. The first-order valence-corrected chi connectivity index (χ1v) is 7.54. The maximum atomic E-state index is 3.50. The van der Waals surface area contributed by atoms with Gasteiger partial charge in [0.25, 0.3) is 0 Å². The van der Waals surface area contributed by atoms with Gasteiger partial charge in [-0.25, -0.2) is 0 Å². The molecule has 0 aromatic rings. The van der Waals surface area contributed by atoms with Gasteiger partial charge in [0.2, 0.25) is 0 Å². The molecule has 0 bridgehead atoms. The van der Waals surface area contributed by atoms with Crippen LogP contribution in [0.5, 0.6) is 0 Å². The summed E-state index contributed by atoms with van der Waals surface area (Å²) in [7, 11) is 0. The Morgan fingerprint density at radius 3 is 1.29 bits per heavy atom. The highest BCUT2D eigenvalue weighted by molar-refractivity contribution is 4.54. The fourth-order valence-electron chi connectivity index (χ4n) is 1.81. The molecule has 0 aliphatic heterocycles. The summed E-state index contributed by atoms with van der Waals surface area (Å²) in [4.78, 5) is 0. The quantitative estimate of drug-likeness (QED) is 0.512. The number of nitrogens with one attached hydrogen (secondary N) is 2. The van der Waals surface area contributed by atoms with Gasteiger partial charge in [-0.05, 0) is 50.9 Å². The minimum atomic E-state index is 0.780. The van der Waals surface area contributed by atoms with E-state index >= 15 is 0 Å². The Bertz CT molecular complexity index is 128. The summed E-state index contributed by atoms with van der Waals surface area (Å²) >= 11 is 0. The van der Waals surface area contributed by atoms with Crippen molar-refractivity contribution in [3.8, 4) is 0 Å². The summed E-state index contributed by atoms with van der Waals surface area (Å²) < 4.78 is 0. The van der Waals surface area contributed by atoms with Gasteiger partial charge in [0, 0.05) is 0 Å². The average molecular weight is 242 g/mol. The molecule has 0 atom stereocenters. The first-order chi connectivity index (χ1) is 8.13. The fraction of sp³-hybridized carbons (Fsp3) is 1.00. The molecule has 0 heterocycles. The van der Waals surface area contributed by atoms with Crippen LogP contribution in [0.1, 0.15) is 59.8 Å². The van der Waals surface area contributed by atoms with Crippen LogP contribution >= 0.6 is 0 Å². The van der Waals surface area contributed by atoms with Crippen LogP contribution in [0, 0.1) is 11.8 Å². The van der Waals surface area contributed by atoms with Crippen LogP contribution in [0.25, 0.3) is 0 Å². The molecule has 0 fully saturated rings. The average Bonchev–Trinajstić information content (AvgIpc) is 2.25. The topological polar surface area (TPSA) is 24.1 Å². The maximum absolute atomic E-state index is 3.50. The lowest BCUT2D eigenvalue weighted by atomic mass is 10.1. The van der Waals surface area contributed by atoms with Crippen LogP contribution in [0.4, 0.5) is 0 Å². The van der Waals surface area contributed by atoms with E-state index < -0.39 is 0 Å². The second kappa shape index (κ2) is 12.4. The summed E-state index contributed by atoms with van der Waals surface area (Å²) in [5, 5.41) is 6.99. The summed E-state index contributed by atoms with van der Waals surface area (Å²) in [5.74, 6) is 1.56. The van der Waals surface area contributed by atoms with Crippen molar-refractivity contribution >= 4 is 0 Å². The van der Waals surface area contributed by atoms with Gasteiger partial charge in [-0.3, -0.25) is 0 Å². The van der Waals surface area contributed by atoms with Crippen molar-refractivity contribution in [3.63, 3.8) is 0 Å². The number of unbranched alkanes of at least 4 members (excludes halogenated alkanes) is 4. The molecule has 0 saturated carbocycles. The minimum absolute atomic E-state index is 0.780. The summed E-state index contributed by atoms with van der Waals surface area (Å²) in [6.07, 6.45) is 6.84. The molecule has 0 saturated heterocycles. The summed E-state index contributed by atoms with van der Waals surface area (Å²) in [6, 6.07) is 0. The Hall–Kier alpha value is -0.0800. The van der Waals surface area contributed by atoms with E-state index in [1.54, 1.807) is 0 Å². The van der Waals surface area contributed by atoms with Gasteiger partial charge in [0.05, 0.1) is 0 Å². The van der Waals surface area contributed by atoms with Crippen molar-refractivity contribution in [1.82, 2.24) is 10.6 Å². The number of rotatable bonds is 12. The van der Waals surface area contributed by atoms with Gasteiger partial charge in [-0.1, -0.05) is 47.0 Å². The van der Waals surface area contributed by atoms with Crippen molar-refractivity contribution in [2.24, 2.45) is 11.8 Å². The minimum Gasteiger partial charge on any atom is -0.316 e. The van der Waals surface area contributed by atoms with E-state index in [0.717, 1.165) is 11.8 Å². The van der Waals surface area contributed by atoms with Crippen LogP contribution in [-0.4, -0.2) is 26.2 Å². The monoisotopic (exact) mass is 242 g/mol. The van der Waals surface area contributed by atoms with Crippen molar-refractivity contribution in [2.45, 2.75) is 59.8 Å². The van der Waals surface area contributed by atoms with Gasteiger partial charge in [0.15, 0.2) is 0 Å². The van der Waals surface area contributed by atoms with Crippen molar-refractivity contribution in [2.75, 3.05) is 26.2 Å². The molecule has 0 aromatic carbocycles. The van der Waals surface area contributed by atoms with Crippen LogP contribution in [0.2, 0.25) is 0 Å². The predicted octanol–water partition coefficient (Wildman–Crippen LogP) is 3.43. The molecule has 0 unspecified atom stereocenters. The van der Waals surface area contributed by atoms with Gasteiger partial charge in [-0.15, -0.1) is 0 Å². The van der Waals surface area contributed by atoms with E-state index in [1.165, 1.54) is 58.3 Å². The fourth-order valence-corrected chi connectivity index (χ4v) is 1.81. The van der Waals surface area contributed by atoms with Crippen LogP contribution in [-0.2, 0) is 0 Å². The molecule has 0 amide bonds. The highest BCUT2D eigenvalue weighted by Gasteiger charge is 1.95. The predicted molar refractivity (Wildman–Crippen MR) is 78.5 cm³/mol. The Balaban J connectivity index is 2.94. The Labute approximate surface area is 109 Å². The van der Waals surface area contributed by atoms with E-state index in [0.29, 0.717) is 0 Å². The van der Waals surface area contributed by atoms with E-state index in [-0.39, 0.29) is 0 Å². The normalized spacial score (nSPS) is 11.6. The third-order valence-corrected chi connectivity index (χ3v) is 2.81. The first kappa shape index (κ1) is 16.9. The first-order valence-electron chi connectivity index (χ1n) is 7.54. The molecule has 0 aromatic heterocycles. The molecule has 2 N–H and O–H groups in total. The van der Waals surface area contributed by atoms with E-state index in [2.05, 4.69) is 38.3 Å². The maximum Gasteiger partial charge on any atom is -0.00258 e. The molecule has 0 radical (unpaired) electrons. The smallest absolute Gasteiger partial charge is 0.00258 e. The zero-order chi connectivity index (χ0) is 12.9. The zero-order valence-corrected chi connectivity index (χ0v) is 12.5. The lowest BCUT2D eigenvalue weighted by Gasteiger charge is -2.08. The molecule has 0 rings (SSSR count). The lowest BCUT2D eigenvalue weighted by molar-refractivity contribution is 0.508. The van der Waals surface area contributed by atoms with Crippen molar-refractivity contribution in [1.29, 1.82) is 0 Å². The van der Waals surface area contributed by atoms with Crippen LogP contribution < -0.4 is 10.6 Å². The second-order valence-electron chi connectivity index (χ2n) is 5.96. The Morgan fingerprint density at radius 1 is 0.588 bits per heavy atom. The van der Waals surface area contributed by atoms with E-state index in [4.69, 9.17) is 0 Å². The number of hydrogen-bond donors (Lipinski definition) is 2. The van der Waals surface area contributed by atoms with Crippen molar-refractivity contribution < 1.29 is 0 Å². The molecule has 2 heteroatoms. The second-order valence-corrected chi connectivity index (χ2v) is 5.96. The molecular formula is C15H34N2. The van der Waals surface area contributed by atoms with Crippen LogP contribution in [0.15, 0.2) is 0 Å². The molecule has 104 valence electrons. The van der Waals surface area contributed by atoms with E-state index in [9.17, 15) is 0 Å². The van der Waals surface area contributed by atoms with Gasteiger partial charge < -0.3 is 10.6 Å². The Morgan fingerprint density at radius 2 is 0.941 bits per heavy atom. The summed E-state index contributed by atoms with van der Waals surface area (Å²) in [5.41, 5.74) is 0. The van der Waals surface area contributed by atoms with Crippen LogP contribution in [0.3, 0.4) is 0 Å². The third-order valence-electron chi connectivity index (χ3n) is 2.81. The van der Waals surface area contributed by atoms with Gasteiger partial charge >= 0.3 is 0 Å². The largest absolute Gasteiger partial charge is 0.316 e. The van der Waals surface area contributed by atoms with E-state index in [1.807, 2.05) is 0 Å². The lowest BCUT2D eigenvalue weighted by Crippen LogP contribution is -2.21. The SMILES string of the molecule is CC(C)CNCCCCCCCNCC(C)C. The number of hydrogen-bond acceptors (Lipinski definition) is 2. The molecule has 0 aliphatic rings. The zero-order valence-electron chi connectivity index (χ0n) is 12.5. The van der Waals surface area contributed by atoms with Gasteiger partial charge in [0.1, 0.15) is 0 Å². The summed E-state index contributed by atoms with van der Waals surface area (Å²) in [6.45, 7) is 13.8. The van der Waals surface area contributed by atoms with Gasteiger partial charge in [-0.2, -0.15) is 0 Å². The molecule has 0 aliphatic carbocycles. The third kappa shape index (κ3) is 15.9. The molecule has 17 heavy (non-hydrogen) atoms. The Kier molecular flexibility index (Phi) is 12.3. The standard InChI is InChI=1S/C15H34N2/c1-14(2)12-16-10-8-6-5-7-9-11-17-13-15(3)4/h14-17H,5-13H2,1-4H3. The van der Waals surface area contributed by atoms with Crippen molar-refractivity contribution in [3.05, 3.63) is 0 Å². The molecule has 2 nitrogen and oxygen atoms in total.